The van der Waals surface area contributed by atoms with E-state index in [2.05, 4.69) is 4.90 Å². The molecular formula is C11H15N3O. The van der Waals surface area contributed by atoms with Gasteiger partial charge in [0.25, 0.3) is 0 Å². The summed E-state index contributed by atoms with van der Waals surface area (Å²) in [4.78, 5) is 13.2. The van der Waals surface area contributed by atoms with Crippen molar-refractivity contribution in [1.82, 2.24) is 0 Å². The summed E-state index contributed by atoms with van der Waals surface area (Å²) in [7, 11) is 0. The second-order valence-corrected chi connectivity index (χ2v) is 4.03. The number of anilines is 1. The van der Waals surface area contributed by atoms with Gasteiger partial charge in [-0.3, -0.25) is 4.79 Å². The zero-order valence-corrected chi connectivity index (χ0v) is 8.73. The van der Waals surface area contributed by atoms with Gasteiger partial charge >= 0.3 is 0 Å². The molecule has 0 bridgehead atoms. The monoisotopic (exact) mass is 205 g/mol. The lowest BCUT2D eigenvalue weighted by molar-refractivity contribution is 0.0999. The quantitative estimate of drug-likeness (QED) is 0.726. The topological polar surface area (TPSA) is 72.3 Å². The molecule has 4 nitrogen and oxygen atoms in total. The number of amides is 1. The smallest absolute Gasteiger partial charge is 0.248 e. The van der Waals surface area contributed by atoms with Gasteiger partial charge in [-0.15, -0.1) is 0 Å². The molecule has 0 aliphatic carbocycles. The van der Waals surface area contributed by atoms with E-state index < -0.39 is 0 Å². The number of primary amides is 1. The van der Waals surface area contributed by atoms with Gasteiger partial charge in [0.05, 0.1) is 0 Å². The normalized spacial score (nSPS) is 16.3. The number of carbonyl (C=O) groups is 1. The Hall–Kier alpha value is -1.55. The van der Waals surface area contributed by atoms with Gasteiger partial charge in [-0.05, 0) is 30.7 Å². The Labute approximate surface area is 88.9 Å². The number of hydrogen-bond donors (Lipinski definition) is 2. The van der Waals surface area contributed by atoms with Crippen LogP contribution in [0.4, 0.5) is 5.69 Å². The Morgan fingerprint density at radius 3 is 2.60 bits per heavy atom. The van der Waals surface area contributed by atoms with Gasteiger partial charge in [0.1, 0.15) is 0 Å². The number of nitrogens with two attached hydrogens (primary N) is 2. The van der Waals surface area contributed by atoms with Gasteiger partial charge in [-0.2, -0.15) is 0 Å². The third-order valence-corrected chi connectivity index (χ3v) is 2.75. The predicted molar refractivity (Wildman–Crippen MR) is 59.9 cm³/mol. The second-order valence-electron chi connectivity index (χ2n) is 4.03. The van der Waals surface area contributed by atoms with Gasteiger partial charge in [0, 0.05) is 30.4 Å². The molecule has 4 N–H and O–H groups in total. The van der Waals surface area contributed by atoms with Crippen LogP contribution >= 0.6 is 0 Å². The van der Waals surface area contributed by atoms with Crippen molar-refractivity contribution in [2.45, 2.75) is 13.0 Å². The van der Waals surface area contributed by atoms with Gasteiger partial charge in [0.15, 0.2) is 0 Å². The minimum absolute atomic E-state index is 0.279. The summed E-state index contributed by atoms with van der Waals surface area (Å²) in [5.74, 6) is -0.376. The zero-order chi connectivity index (χ0) is 11.0. The molecule has 0 unspecified atom stereocenters. The molecule has 1 fully saturated rings. The lowest BCUT2D eigenvalue weighted by Crippen LogP contribution is -2.55. The van der Waals surface area contributed by atoms with E-state index in [1.165, 1.54) is 0 Å². The molecule has 4 heteroatoms. The average molecular weight is 205 g/mol. The summed E-state index contributed by atoms with van der Waals surface area (Å²) < 4.78 is 0. The predicted octanol–water partition coefficient (Wildman–Crippen LogP) is 0.241. The molecule has 1 amide bonds. The van der Waals surface area contributed by atoms with Crippen molar-refractivity contribution in [1.29, 1.82) is 0 Å². The van der Waals surface area contributed by atoms with E-state index in [1.54, 1.807) is 6.07 Å². The van der Waals surface area contributed by atoms with E-state index in [4.69, 9.17) is 11.5 Å². The van der Waals surface area contributed by atoms with E-state index >= 15 is 0 Å². The third kappa shape index (κ3) is 1.80. The van der Waals surface area contributed by atoms with Crippen LogP contribution in [0.1, 0.15) is 15.9 Å². The van der Waals surface area contributed by atoms with Crippen molar-refractivity contribution in [3.8, 4) is 0 Å². The Bertz CT molecular complexity index is 397. The first-order valence-electron chi connectivity index (χ1n) is 4.99. The van der Waals surface area contributed by atoms with E-state index in [0.717, 1.165) is 24.3 Å². The van der Waals surface area contributed by atoms with Crippen LogP contribution in [0.2, 0.25) is 0 Å². The number of carbonyl (C=O) groups excluding carboxylic acids is 1. The Kier molecular flexibility index (Phi) is 2.36. The minimum atomic E-state index is -0.376. The standard InChI is InChI=1S/C11H15N3O/c1-7-4-9(14-5-8(12)6-14)2-3-10(7)11(13)15/h2-4,8H,5-6,12H2,1H3,(H2,13,15). The van der Waals surface area contributed by atoms with Crippen molar-refractivity contribution in [3.05, 3.63) is 29.3 Å². The first kappa shape index (κ1) is 9.98. The molecular weight excluding hydrogens is 190 g/mol. The van der Waals surface area contributed by atoms with Crippen molar-refractivity contribution in [3.63, 3.8) is 0 Å². The van der Waals surface area contributed by atoms with Gasteiger partial charge in [-0.25, -0.2) is 0 Å². The van der Waals surface area contributed by atoms with E-state index in [0.29, 0.717) is 5.56 Å². The molecule has 1 aromatic rings. The Morgan fingerprint density at radius 1 is 1.47 bits per heavy atom. The Balaban J connectivity index is 2.22. The molecule has 0 spiro atoms. The van der Waals surface area contributed by atoms with Gasteiger partial charge in [-0.1, -0.05) is 0 Å². The van der Waals surface area contributed by atoms with Crippen molar-refractivity contribution in [2.75, 3.05) is 18.0 Å². The van der Waals surface area contributed by atoms with E-state index in [9.17, 15) is 4.79 Å². The highest BCUT2D eigenvalue weighted by molar-refractivity contribution is 5.94. The summed E-state index contributed by atoms with van der Waals surface area (Å²) >= 11 is 0. The van der Waals surface area contributed by atoms with Crippen LogP contribution in [-0.2, 0) is 0 Å². The number of nitrogens with zero attached hydrogens (tertiary/aromatic N) is 1. The maximum atomic E-state index is 11.0. The minimum Gasteiger partial charge on any atom is -0.368 e. The van der Waals surface area contributed by atoms with Crippen LogP contribution in [0.25, 0.3) is 0 Å². The maximum Gasteiger partial charge on any atom is 0.248 e. The largest absolute Gasteiger partial charge is 0.368 e. The van der Waals surface area contributed by atoms with E-state index in [1.807, 2.05) is 19.1 Å². The number of rotatable bonds is 2. The molecule has 1 heterocycles. The molecule has 1 aromatic carbocycles. The summed E-state index contributed by atoms with van der Waals surface area (Å²) in [5, 5.41) is 0. The molecule has 2 rings (SSSR count). The van der Waals surface area contributed by atoms with Crippen LogP contribution < -0.4 is 16.4 Å². The second kappa shape index (κ2) is 3.55. The molecule has 15 heavy (non-hydrogen) atoms. The first-order chi connectivity index (χ1) is 7.08. The summed E-state index contributed by atoms with van der Waals surface area (Å²) in [6.45, 7) is 3.66. The fourth-order valence-corrected chi connectivity index (χ4v) is 1.84. The molecule has 0 atom stereocenters. The molecule has 0 radical (unpaired) electrons. The van der Waals surface area contributed by atoms with Crippen LogP contribution in [0.5, 0.6) is 0 Å². The Morgan fingerprint density at radius 2 is 2.13 bits per heavy atom. The van der Waals surface area contributed by atoms with Crippen molar-refractivity contribution >= 4 is 11.6 Å². The van der Waals surface area contributed by atoms with Crippen LogP contribution in [0, 0.1) is 6.92 Å². The first-order valence-corrected chi connectivity index (χ1v) is 4.99. The highest BCUT2D eigenvalue weighted by atomic mass is 16.1. The SMILES string of the molecule is Cc1cc(N2CC(N)C2)ccc1C(N)=O. The number of aryl methyl sites for hydroxylation is 1. The highest BCUT2D eigenvalue weighted by Crippen LogP contribution is 2.22. The lowest BCUT2D eigenvalue weighted by atomic mass is 10.0. The zero-order valence-electron chi connectivity index (χ0n) is 8.73. The summed E-state index contributed by atoms with van der Waals surface area (Å²) in [5.41, 5.74) is 13.6. The molecule has 0 saturated carbocycles. The summed E-state index contributed by atoms with van der Waals surface area (Å²) in [6, 6.07) is 5.95. The molecule has 0 aromatic heterocycles. The van der Waals surface area contributed by atoms with Crippen LogP contribution in [0.15, 0.2) is 18.2 Å². The number of hydrogen-bond acceptors (Lipinski definition) is 3. The van der Waals surface area contributed by atoms with Crippen molar-refractivity contribution < 1.29 is 4.79 Å². The maximum absolute atomic E-state index is 11.0. The molecule has 1 aliphatic heterocycles. The third-order valence-electron chi connectivity index (χ3n) is 2.75. The summed E-state index contributed by atoms with van der Waals surface area (Å²) in [6.07, 6.45) is 0. The van der Waals surface area contributed by atoms with Crippen LogP contribution in [0.3, 0.4) is 0 Å². The van der Waals surface area contributed by atoms with Gasteiger partial charge < -0.3 is 16.4 Å². The lowest BCUT2D eigenvalue weighted by Gasteiger charge is -2.39. The number of benzene rings is 1. The van der Waals surface area contributed by atoms with Gasteiger partial charge in [0.2, 0.25) is 5.91 Å². The fraction of sp³-hybridized carbons (Fsp3) is 0.364. The van der Waals surface area contributed by atoms with Crippen molar-refractivity contribution in [2.24, 2.45) is 11.5 Å². The van der Waals surface area contributed by atoms with E-state index in [-0.39, 0.29) is 11.9 Å². The molecule has 1 aliphatic rings. The average Bonchev–Trinajstić information content (AvgIpc) is 2.12. The fourth-order valence-electron chi connectivity index (χ4n) is 1.84. The highest BCUT2D eigenvalue weighted by Gasteiger charge is 2.23. The molecule has 80 valence electrons. The van der Waals surface area contributed by atoms with Crippen LogP contribution in [-0.4, -0.2) is 25.0 Å². The molecule has 1 saturated heterocycles.